The molecule has 108 valence electrons. The molecule has 0 atom stereocenters. The van der Waals surface area contributed by atoms with Crippen LogP contribution in [0.25, 0.3) is 17.0 Å². The van der Waals surface area contributed by atoms with Crippen LogP contribution in [0.2, 0.25) is 0 Å². The van der Waals surface area contributed by atoms with Crippen molar-refractivity contribution >= 4 is 22.8 Å². The molecule has 0 spiro atoms. The van der Waals surface area contributed by atoms with E-state index < -0.39 is 0 Å². The Morgan fingerprint density at radius 3 is 2.55 bits per heavy atom. The minimum absolute atomic E-state index is 0.144. The highest BCUT2D eigenvalue weighted by Gasteiger charge is 2.05. The van der Waals surface area contributed by atoms with Crippen molar-refractivity contribution in [2.24, 2.45) is 0 Å². The lowest BCUT2D eigenvalue weighted by molar-refractivity contribution is 0.104. The topological polar surface area (TPSA) is 47.3 Å². The van der Waals surface area contributed by atoms with Crippen molar-refractivity contribution in [2.45, 2.75) is 6.92 Å². The second kappa shape index (κ2) is 5.82. The maximum Gasteiger partial charge on any atom is 0.199 e. The summed E-state index contributed by atoms with van der Waals surface area (Å²) < 4.78 is 5.41. The van der Waals surface area contributed by atoms with Crippen molar-refractivity contribution in [3.63, 3.8) is 0 Å². The fraction of sp³-hybridized carbons (Fsp3) is 0.0526. The van der Waals surface area contributed by atoms with Crippen LogP contribution in [-0.2, 0) is 0 Å². The Kier molecular flexibility index (Phi) is 3.71. The van der Waals surface area contributed by atoms with Gasteiger partial charge in [-0.15, -0.1) is 0 Å². The first-order valence-electron chi connectivity index (χ1n) is 6.95. The van der Waals surface area contributed by atoms with E-state index in [2.05, 4.69) is 0 Å². The Hall–Kier alpha value is -2.94. The first-order chi connectivity index (χ1) is 10.6. The van der Waals surface area contributed by atoms with E-state index in [1.165, 1.54) is 18.4 Å². The molecule has 22 heavy (non-hydrogen) atoms. The summed E-state index contributed by atoms with van der Waals surface area (Å²) >= 11 is 0. The third kappa shape index (κ3) is 2.74. The zero-order chi connectivity index (χ0) is 15.5. The maximum absolute atomic E-state index is 12.3. The van der Waals surface area contributed by atoms with Gasteiger partial charge in [-0.2, -0.15) is 0 Å². The van der Waals surface area contributed by atoms with Crippen LogP contribution < -0.4 is 5.43 Å². The Morgan fingerprint density at radius 1 is 1.05 bits per heavy atom. The highest BCUT2D eigenvalue weighted by atomic mass is 16.3. The molecule has 3 rings (SSSR count). The molecule has 1 aromatic heterocycles. The Morgan fingerprint density at radius 2 is 1.77 bits per heavy atom. The largest absolute Gasteiger partial charge is 0.463 e. The van der Waals surface area contributed by atoms with E-state index in [-0.39, 0.29) is 11.2 Å². The van der Waals surface area contributed by atoms with Crippen LogP contribution in [0.5, 0.6) is 0 Å². The fourth-order valence-corrected chi connectivity index (χ4v) is 2.19. The zero-order valence-corrected chi connectivity index (χ0v) is 12.1. The molecule has 0 fully saturated rings. The molecule has 0 amide bonds. The van der Waals surface area contributed by atoms with Gasteiger partial charge in [0.1, 0.15) is 11.8 Å². The van der Waals surface area contributed by atoms with Crippen LogP contribution in [0.1, 0.15) is 21.5 Å². The zero-order valence-electron chi connectivity index (χ0n) is 12.1. The van der Waals surface area contributed by atoms with Crippen molar-refractivity contribution in [3.8, 4) is 0 Å². The minimum Gasteiger partial charge on any atom is -0.463 e. The third-order valence-electron chi connectivity index (χ3n) is 3.46. The minimum atomic E-state index is -0.146. The molecule has 0 aliphatic rings. The van der Waals surface area contributed by atoms with E-state index >= 15 is 0 Å². The molecule has 2 aromatic carbocycles. The molecule has 0 saturated heterocycles. The van der Waals surface area contributed by atoms with Gasteiger partial charge in [-0.1, -0.05) is 42.0 Å². The molecule has 0 saturated carbocycles. The number of rotatable bonds is 3. The predicted octanol–water partition coefficient (Wildman–Crippen LogP) is 4.00. The number of ketones is 1. The van der Waals surface area contributed by atoms with Gasteiger partial charge in [-0.05, 0) is 31.2 Å². The van der Waals surface area contributed by atoms with E-state index in [0.29, 0.717) is 22.1 Å². The number of carbonyl (C=O) groups excluding carboxylic acids is 1. The highest BCUT2D eigenvalue weighted by Crippen LogP contribution is 2.12. The number of allylic oxidation sites excluding steroid dienone is 1. The van der Waals surface area contributed by atoms with Crippen LogP contribution in [0.4, 0.5) is 0 Å². The van der Waals surface area contributed by atoms with Crippen molar-refractivity contribution < 1.29 is 9.21 Å². The molecular formula is C19H14O3. The molecule has 0 aliphatic carbocycles. The number of hydrogen-bond acceptors (Lipinski definition) is 3. The Labute approximate surface area is 127 Å². The molecule has 3 nitrogen and oxygen atoms in total. The summed E-state index contributed by atoms with van der Waals surface area (Å²) in [5.41, 5.74) is 2.44. The second-order valence-corrected chi connectivity index (χ2v) is 5.08. The standard InChI is InChI=1S/C19H14O3/c1-13-6-8-14(9-7-13)17(20)11-10-15-12-22-18-5-3-2-4-16(18)19(15)21/h2-12H,1H3. The number of benzene rings is 2. The predicted molar refractivity (Wildman–Crippen MR) is 87.0 cm³/mol. The number of aryl methyl sites for hydroxylation is 1. The molecule has 0 bridgehead atoms. The van der Waals surface area contributed by atoms with E-state index in [0.717, 1.165) is 5.56 Å². The SMILES string of the molecule is Cc1ccc(C(=O)C=Cc2coc3ccccc3c2=O)cc1. The van der Waals surface area contributed by atoms with Crippen molar-refractivity contribution in [3.05, 3.63) is 87.8 Å². The Balaban J connectivity index is 1.92. The van der Waals surface area contributed by atoms with Gasteiger partial charge in [-0.25, -0.2) is 0 Å². The Bertz CT molecular complexity index is 915. The molecule has 0 radical (unpaired) electrons. The van der Waals surface area contributed by atoms with E-state index in [4.69, 9.17) is 4.42 Å². The van der Waals surface area contributed by atoms with Crippen LogP contribution >= 0.6 is 0 Å². The first-order valence-corrected chi connectivity index (χ1v) is 6.95. The maximum atomic E-state index is 12.3. The molecule has 3 aromatic rings. The van der Waals surface area contributed by atoms with Crippen molar-refractivity contribution in [1.29, 1.82) is 0 Å². The molecule has 0 aliphatic heterocycles. The van der Waals surface area contributed by atoms with Crippen LogP contribution in [-0.4, -0.2) is 5.78 Å². The number of carbonyl (C=O) groups is 1. The van der Waals surface area contributed by atoms with Crippen LogP contribution in [0, 0.1) is 6.92 Å². The summed E-state index contributed by atoms with van der Waals surface area (Å²) in [6.45, 7) is 1.96. The van der Waals surface area contributed by atoms with Gasteiger partial charge in [0.05, 0.1) is 10.9 Å². The van der Waals surface area contributed by atoms with Gasteiger partial charge in [0.15, 0.2) is 11.2 Å². The second-order valence-electron chi connectivity index (χ2n) is 5.08. The fourth-order valence-electron chi connectivity index (χ4n) is 2.19. The monoisotopic (exact) mass is 290 g/mol. The summed E-state index contributed by atoms with van der Waals surface area (Å²) in [5, 5.41) is 0.507. The molecule has 0 N–H and O–H groups in total. The van der Waals surface area contributed by atoms with E-state index in [1.807, 2.05) is 25.1 Å². The number of fused-ring (bicyclic) bond motifs is 1. The van der Waals surface area contributed by atoms with Crippen LogP contribution in [0.15, 0.2) is 70.1 Å². The summed E-state index contributed by atoms with van der Waals surface area (Å²) in [7, 11) is 0. The average Bonchev–Trinajstić information content (AvgIpc) is 2.55. The van der Waals surface area contributed by atoms with Gasteiger partial charge >= 0.3 is 0 Å². The smallest absolute Gasteiger partial charge is 0.199 e. The van der Waals surface area contributed by atoms with Crippen molar-refractivity contribution in [2.75, 3.05) is 0 Å². The van der Waals surface area contributed by atoms with Gasteiger partial charge in [0, 0.05) is 5.56 Å². The lowest BCUT2D eigenvalue weighted by atomic mass is 10.1. The molecule has 0 unspecified atom stereocenters. The van der Waals surface area contributed by atoms with E-state index in [1.54, 1.807) is 30.3 Å². The summed E-state index contributed by atoms with van der Waals surface area (Å²) in [5.74, 6) is -0.146. The molecule has 3 heteroatoms. The normalized spacial score (nSPS) is 11.1. The van der Waals surface area contributed by atoms with Crippen molar-refractivity contribution in [1.82, 2.24) is 0 Å². The van der Waals surface area contributed by atoms with E-state index in [9.17, 15) is 9.59 Å². The average molecular weight is 290 g/mol. The van der Waals surface area contributed by atoms with Crippen LogP contribution in [0.3, 0.4) is 0 Å². The summed E-state index contributed by atoms with van der Waals surface area (Å²) in [4.78, 5) is 24.4. The van der Waals surface area contributed by atoms with Gasteiger partial charge in [0.25, 0.3) is 0 Å². The molecule has 1 heterocycles. The van der Waals surface area contributed by atoms with Gasteiger partial charge < -0.3 is 4.42 Å². The highest BCUT2D eigenvalue weighted by molar-refractivity contribution is 6.06. The summed E-state index contributed by atoms with van der Waals surface area (Å²) in [6.07, 6.45) is 4.27. The lowest BCUT2D eigenvalue weighted by Gasteiger charge is -1.98. The molecular weight excluding hydrogens is 276 g/mol. The third-order valence-corrected chi connectivity index (χ3v) is 3.46. The summed E-state index contributed by atoms with van der Waals surface area (Å²) in [6, 6.07) is 14.3. The van der Waals surface area contributed by atoms with Gasteiger partial charge in [0.2, 0.25) is 0 Å². The quantitative estimate of drug-likeness (QED) is 0.541. The van der Waals surface area contributed by atoms with Gasteiger partial charge in [-0.3, -0.25) is 9.59 Å². The lowest BCUT2D eigenvalue weighted by Crippen LogP contribution is -2.05. The first kappa shape index (κ1) is 14.0. The number of para-hydroxylation sites is 1. The number of hydrogen-bond donors (Lipinski definition) is 0.